The molecule has 0 saturated carbocycles. The minimum Gasteiger partial charge on any atom is -0.487 e. The molecule has 0 fully saturated rings. The zero-order chi connectivity index (χ0) is 16.3. The summed E-state index contributed by atoms with van der Waals surface area (Å²) in [4.78, 5) is 4.28. The summed E-state index contributed by atoms with van der Waals surface area (Å²) >= 11 is 8.19. The molecule has 1 aromatic heterocycles. The third-order valence-corrected chi connectivity index (χ3v) is 5.42. The first-order chi connectivity index (χ1) is 10.4. The summed E-state index contributed by atoms with van der Waals surface area (Å²) in [7, 11) is 0. The summed E-state index contributed by atoms with van der Waals surface area (Å²) in [5.41, 5.74) is 7.74. The molecule has 4 nitrogen and oxygen atoms in total. The molecular formula is C14H13ClFIN3OP. The number of rotatable bonds is 5. The maximum Gasteiger partial charge on any atom is 0.154 e. The van der Waals surface area contributed by atoms with Gasteiger partial charge >= 0.3 is 0 Å². The molecule has 2 rings (SSSR count). The van der Waals surface area contributed by atoms with Crippen LogP contribution in [-0.4, -0.2) is 10.7 Å². The van der Waals surface area contributed by atoms with Crippen molar-refractivity contribution in [2.24, 2.45) is 0 Å². The predicted molar refractivity (Wildman–Crippen MR) is 98.9 cm³/mol. The van der Waals surface area contributed by atoms with Crippen LogP contribution in [0, 0.1) is 11.2 Å². The Bertz CT molecular complexity index is 729. The molecule has 1 aromatic carbocycles. The number of nitrogen functional groups attached to an aromatic ring is 1. The lowest BCUT2D eigenvalue weighted by Crippen LogP contribution is -2.12. The van der Waals surface area contributed by atoms with Crippen molar-refractivity contribution in [3.05, 3.63) is 46.4 Å². The van der Waals surface area contributed by atoms with Crippen molar-refractivity contribution in [1.29, 1.82) is 5.41 Å². The second kappa shape index (κ2) is 7.53. The third-order valence-electron chi connectivity index (χ3n) is 2.96. The van der Waals surface area contributed by atoms with Crippen molar-refractivity contribution >= 4 is 56.7 Å². The highest BCUT2D eigenvalue weighted by Crippen LogP contribution is 2.27. The highest BCUT2D eigenvalue weighted by Gasteiger charge is 2.13. The van der Waals surface area contributed by atoms with E-state index < -0.39 is 5.82 Å². The molecule has 22 heavy (non-hydrogen) atoms. The van der Waals surface area contributed by atoms with Gasteiger partial charge in [-0.05, 0) is 31.3 Å². The first-order valence-corrected chi connectivity index (χ1v) is 10.7. The molecule has 0 aliphatic carbocycles. The molecule has 2 aromatic rings. The topological polar surface area (TPSA) is 72.0 Å². The number of hydrogen-bond acceptors (Lipinski definition) is 4. The molecule has 3 N–H and O–H groups in total. The quantitative estimate of drug-likeness (QED) is 0.311. The number of nitrogens with one attached hydrogen (secondary N) is 1. The third kappa shape index (κ3) is 3.86. The van der Waals surface area contributed by atoms with Gasteiger partial charge in [0, 0.05) is 16.8 Å². The van der Waals surface area contributed by atoms with Gasteiger partial charge in [-0.2, -0.15) is 0 Å². The zero-order valence-corrected chi connectivity index (χ0v) is 15.5. The van der Waals surface area contributed by atoms with Gasteiger partial charge in [0.05, 0.1) is 22.3 Å². The van der Waals surface area contributed by atoms with Crippen molar-refractivity contribution in [1.82, 2.24) is 4.98 Å². The van der Waals surface area contributed by atoms with Gasteiger partial charge in [0.15, 0.2) is 5.82 Å². The van der Waals surface area contributed by atoms with E-state index in [1.54, 1.807) is 19.2 Å². The number of benzene rings is 1. The molecule has 0 aliphatic rings. The summed E-state index contributed by atoms with van der Waals surface area (Å²) in [5, 5.41) is 8.03. The summed E-state index contributed by atoms with van der Waals surface area (Å²) < 4.78 is 19.5. The molecule has 0 amide bonds. The SMILES string of the molecule is CC(=N)c1cc(OCc2c(Cl)ccc(N)c2F)cnc1PI. The van der Waals surface area contributed by atoms with E-state index in [0.29, 0.717) is 17.7 Å². The normalized spacial score (nSPS) is 11.1. The molecule has 116 valence electrons. The minimum absolute atomic E-state index is 0.0265. The van der Waals surface area contributed by atoms with Gasteiger partial charge < -0.3 is 15.9 Å². The molecule has 0 aliphatic heterocycles. The lowest BCUT2D eigenvalue weighted by atomic mass is 10.2. The molecule has 0 saturated heterocycles. The van der Waals surface area contributed by atoms with E-state index in [-0.39, 0.29) is 22.9 Å². The Morgan fingerprint density at radius 3 is 2.91 bits per heavy atom. The Kier molecular flexibility index (Phi) is 5.94. The molecule has 0 radical (unpaired) electrons. The summed E-state index contributed by atoms with van der Waals surface area (Å²) in [6.45, 7) is 1.63. The maximum atomic E-state index is 14.0. The Morgan fingerprint density at radius 2 is 2.27 bits per heavy atom. The molecule has 0 spiro atoms. The Hall–Kier alpha value is -0.980. The van der Waals surface area contributed by atoms with Crippen LogP contribution in [0.15, 0.2) is 24.4 Å². The van der Waals surface area contributed by atoms with E-state index in [4.69, 9.17) is 27.5 Å². The van der Waals surface area contributed by atoms with Gasteiger partial charge in [0.25, 0.3) is 0 Å². The average molecular weight is 452 g/mol. The molecule has 1 atom stereocenters. The highest BCUT2D eigenvalue weighted by molar-refractivity contribution is 14.2. The molecule has 0 bridgehead atoms. The Labute approximate surface area is 147 Å². The number of nitrogens with two attached hydrogens (primary N) is 1. The van der Waals surface area contributed by atoms with E-state index >= 15 is 0 Å². The zero-order valence-electron chi connectivity index (χ0n) is 11.6. The maximum absolute atomic E-state index is 14.0. The van der Waals surface area contributed by atoms with Crippen LogP contribution in [-0.2, 0) is 6.61 Å². The van der Waals surface area contributed by atoms with Crippen LogP contribution in [0.3, 0.4) is 0 Å². The number of anilines is 1. The van der Waals surface area contributed by atoms with E-state index in [1.807, 2.05) is 0 Å². The Balaban J connectivity index is 2.24. The van der Waals surface area contributed by atoms with E-state index in [2.05, 4.69) is 27.0 Å². The number of nitrogens with zero attached hydrogens (tertiary/aromatic N) is 1. The number of halogens is 3. The molecule has 8 heteroatoms. The summed E-state index contributed by atoms with van der Waals surface area (Å²) in [5.74, 6) is -0.118. The van der Waals surface area contributed by atoms with Crippen molar-refractivity contribution in [2.45, 2.75) is 13.5 Å². The molecular weight excluding hydrogens is 439 g/mol. The van der Waals surface area contributed by atoms with Gasteiger partial charge in [0.1, 0.15) is 12.4 Å². The molecule has 1 heterocycles. The van der Waals surface area contributed by atoms with E-state index in [1.165, 1.54) is 12.1 Å². The summed E-state index contributed by atoms with van der Waals surface area (Å²) in [6.07, 6.45) is 2.01. The van der Waals surface area contributed by atoms with Crippen molar-refractivity contribution in [2.75, 3.05) is 5.73 Å². The van der Waals surface area contributed by atoms with Crippen LogP contribution in [0.5, 0.6) is 5.75 Å². The van der Waals surface area contributed by atoms with Crippen molar-refractivity contribution in [3.8, 4) is 5.75 Å². The van der Waals surface area contributed by atoms with E-state index in [0.717, 1.165) is 11.0 Å². The van der Waals surface area contributed by atoms with E-state index in [9.17, 15) is 4.39 Å². The fourth-order valence-electron chi connectivity index (χ4n) is 1.79. The van der Waals surface area contributed by atoms with Crippen LogP contribution >= 0.6 is 39.9 Å². The summed E-state index contributed by atoms with van der Waals surface area (Å²) in [6, 6.07) is 4.67. The van der Waals surface area contributed by atoms with Gasteiger partial charge in [-0.15, -0.1) is 0 Å². The average Bonchev–Trinajstić information content (AvgIpc) is 2.50. The predicted octanol–water partition coefficient (Wildman–Crippen LogP) is 4.08. The minimum atomic E-state index is -0.575. The number of ether oxygens (including phenoxy) is 1. The lowest BCUT2D eigenvalue weighted by molar-refractivity contribution is 0.299. The first kappa shape index (κ1) is 17.4. The molecule has 1 unspecified atom stereocenters. The van der Waals surface area contributed by atoms with Gasteiger partial charge in [-0.3, -0.25) is 4.98 Å². The smallest absolute Gasteiger partial charge is 0.154 e. The highest BCUT2D eigenvalue weighted by atomic mass is 127. The monoisotopic (exact) mass is 451 g/mol. The number of pyridine rings is 1. The standard InChI is InChI=1S/C14H13ClFIN3OP/c1-7(18)9-4-8(5-20-14(9)22-17)21-6-10-11(15)2-3-12(19)13(10)16/h2-5,18,22H,6,19H2,1H3. The van der Waals surface area contributed by atoms with Crippen LogP contribution < -0.4 is 15.9 Å². The first-order valence-electron chi connectivity index (χ1n) is 6.21. The van der Waals surface area contributed by atoms with Gasteiger partial charge in [0.2, 0.25) is 0 Å². The van der Waals surface area contributed by atoms with Crippen LogP contribution in [0.2, 0.25) is 5.02 Å². The second-order valence-electron chi connectivity index (χ2n) is 4.50. The van der Waals surface area contributed by atoms with Crippen molar-refractivity contribution in [3.63, 3.8) is 0 Å². The van der Waals surface area contributed by atoms with Crippen LogP contribution in [0.4, 0.5) is 10.1 Å². The number of aromatic nitrogens is 1. The van der Waals surface area contributed by atoms with Crippen LogP contribution in [0.25, 0.3) is 0 Å². The number of hydrogen-bond donors (Lipinski definition) is 2. The van der Waals surface area contributed by atoms with Gasteiger partial charge in [-0.1, -0.05) is 33.6 Å². The fourth-order valence-corrected chi connectivity index (χ4v) is 3.75. The Morgan fingerprint density at radius 1 is 1.55 bits per heavy atom. The van der Waals surface area contributed by atoms with Crippen molar-refractivity contribution < 1.29 is 9.13 Å². The van der Waals surface area contributed by atoms with Gasteiger partial charge in [-0.25, -0.2) is 4.39 Å². The van der Waals surface area contributed by atoms with Crippen LogP contribution in [0.1, 0.15) is 18.1 Å². The fraction of sp³-hybridized carbons (Fsp3) is 0.143. The largest absolute Gasteiger partial charge is 0.487 e. The second-order valence-corrected chi connectivity index (χ2v) is 7.19. The lowest BCUT2D eigenvalue weighted by Gasteiger charge is -2.12.